The minimum absolute atomic E-state index is 0.0708. The lowest BCUT2D eigenvalue weighted by Crippen LogP contribution is -2.55. The highest BCUT2D eigenvalue weighted by atomic mass is 35.5. The van der Waals surface area contributed by atoms with Gasteiger partial charge in [0.2, 0.25) is 0 Å². The van der Waals surface area contributed by atoms with E-state index in [4.69, 9.17) is 17.3 Å². The third-order valence-corrected chi connectivity index (χ3v) is 5.05. The average Bonchev–Trinajstić information content (AvgIpc) is 2.85. The molecule has 0 aromatic carbocycles. The number of aryl methyl sites for hydroxylation is 1. The largest absolute Gasteiger partial charge is 0.321 e. The van der Waals surface area contributed by atoms with E-state index in [1.54, 1.807) is 6.20 Å². The van der Waals surface area contributed by atoms with Crippen molar-refractivity contribution in [3.63, 3.8) is 0 Å². The van der Waals surface area contributed by atoms with Crippen LogP contribution in [0, 0.1) is 0 Å². The smallest absolute Gasteiger partial charge is 0.0834 e. The van der Waals surface area contributed by atoms with Crippen molar-refractivity contribution in [3.05, 3.63) is 16.9 Å². The molecular weight excluding hydrogens is 284 g/mol. The molecule has 0 aliphatic heterocycles. The second-order valence-electron chi connectivity index (χ2n) is 5.56. The van der Waals surface area contributed by atoms with Crippen molar-refractivity contribution in [1.82, 2.24) is 14.7 Å². The summed E-state index contributed by atoms with van der Waals surface area (Å²) in [4.78, 5) is 2.47. The topological polar surface area (TPSA) is 47.1 Å². The van der Waals surface area contributed by atoms with Gasteiger partial charge in [0, 0.05) is 12.1 Å². The maximum atomic E-state index is 6.74. The lowest BCUT2D eigenvalue weighted by Gasteiger charge is -2.46. The molecule has 21 heavy (non-hydrogen) atoms. The molecule has 2 N–H and O–H groups in total. The summed E-state index contributed by atoms with van der Waals surface area (Å²) in [6.07, 6.45) is 4.75. The van der Waals surface area contributed by atoms with E-state index >= 15 is 0 Å². The van der Waals surface area contributed by atoms with Gasteiger partial charge in [0.15, 0.2) is 0 Å². The zero-order valence-corrected chi connectivity index (χ0v) is 15.0. The summed E-state index contributed by atoms with van der Waals surface area (Å²) in [6.45, 7) is 13.8. The van der Waals surface area contributed by atoms with Gasteiger partial charge in [-0.1, -0.05) is 46.2 Å². The Labute approximate surface area is 134 Å². The molecule has 0 bridgehead atoms. The lowest BCUT2D eigenvalue weighted by atomic mass is 9.81. The SMILES string of the molecule is CCCn1ncc(Cl)c1C(N)C(CC)(CC)N(CC)CC. The molecule has 0 spiro atoms. The Morgan fingerprint density at radius 3 is 2.24 bits per heavy atom. The monoisotopic (exact) mass is 314 g/mol. The normalized spacial score (nSPS) is 13.9. The highest BCUT2D eigenvalue weighted by molar-refractivity contribution is 6.31. The highest BCUT2D eigenvalue weighted by Crippen LogP contribution is 2.38. The molecule has 1 aromatic rings. The summed E-state index contributed by atoms with van der Waals surface area (Å²) >= 11 is 6.40. The average molecular weight is 315 g/mol. The van der Waals surface area contributed by atoms with Crippen molar-refractivity contribution in [2.75, 3.05) is 13.1 Å². The molecule has 0 saturated heterocycles. The van der Waals surface area contributed by atoms with Crippen LogP contribution >= 0.6 is 11.6 Å². The Balaban J connectivity index is 3.29. The number of hydrogen-bond acceptors (Lipinski definition) is 3. The zero-order valence-electron chi connectivity index (χ0n) is 14.2. The standard InChI is InChI=1S/C16H31ClN4/c1-6-11-21-14(13(17)12-19-21)15(18)16(7-2,8-3)20(9-4)10-5/h12,15H,6-11,18H2,1-5H3. The molecule has 122 valence electrons. The van der Waals surface area contributed by atoms with Gasteiger partial charge in [-0.3, -0.25) is 9.58 Å². The molecule has 1 heterocycles. The van der Waals surface area contributed by atoms with Gasteiger partial charge >= 0.3 is 0 Å². The molecule has 0 aliphatic rings. The number of rotatable bonds is 9. The van der Waals surface area contributed by atoms with Crippen LogP contribution in [0.2, 0.25) is 5.02 Å². The highest BCUT2D eigenvalue weighted by Gasteiger charge is 2.41. The van der Waals surface area contributed by atoms with E-state index in [1.165, 1.54) is 0 Å². The third kappa shape index (κ3) is 3.43. The molecule has 0 radical (unpaired) electrons. The van der Waals surface area contributed by atoms with Crippen LogP contribution in [0.1, 0.15) is 65.6 Å². The van der Waals surface area contributed by atoms with Crippen LogP contribution in [0.4, 0.5) is 0 Å². The van der Waals surface area contributed by atoms with Gasteiger partial charge < -0.3 is 5.73 Å². The summed E-state index contributed by atoms with van der Waals surface area (Å²) in [5, 5.41) is 5.10. The lowest BCUT2D eigenvalue weighted by molar-refractivity contribution is 0.0596. The summed E-state index contributed by atoms with van der Waals surface area (Å²) in [6, 6.07) is -0.131. The Morgan fingerprint density at radius 2 is 1.81 bits per heavy atom. The molecule has 0 aliphatic carbocycles. The van der Waals surface area contributed by atoms with Crippen molar-refractivity contribution in [1.29, 1.82) is 0 Å². The Kier molecular flexibility index (Phi) is 7.17. The molecule has 0 fully saturated rings. The van der Waals surface area contributed by atoms with Crippen LogP contribution in [-0.2, 0) is 6.54 Å². The number of hydrogen-bond donors (Lipinski definition) is 1. The fourth-order valence-corrected chi connectivity index (χ4v) is 3.77. The summed E-state index contributed by atoms with van der Waals surface area (Å²) in [5.74, 6) is 0. The van der Waals surface area contributed by atoms with E-state index in [1.807, 2.05) is 4.68 Å². The van der Waals surface area contributed by atoms with Gasteiger partial charge in [-0.2, -0.15) is 5.10 Å². The van der Waals surface area contributed by atoms with Crippen molar-refractivity contribution < 1.29 is 0 Å². The molecular formula is C16H31ClN4. The number of halogens is 1. The van der Waals surface area contributed by atoms with Gasteiger partial charge in [-0.25, -0.2) is 0 Å². The van der Waals surface area contributed by atoms with E-state index in [-0.39, 0.29) is 11.6 Å². The maximum absolute atomic E-state index is 6.74. The fourth-order valence-electron chi connectivity index (χ4n) is 3.51. The molecule has 0 amide bonds. The first-order chi connectivity index (χ1) is 10.0. The van der Waals surface area contributed by atoms with Crippen LogP contribution < -0.4 is 5.73 Å². The molecule has 5 heteroatoms. The van der Waals surface area contributed by atoms with Crippen molar-refractivity contribution in [3.8, 4) is 0 Å². The van der Waals surface area contributed by atoms with Crippen LogP contribution in [0.5, 0.6) is 0 Å². The van der Waals surface area contributed by atoms with Gasteiger partial charge in [0.1, 0.15) is 0 Å². The molecule has 0 saturated carbocycles. The predicted molar refractivity (Wildman–Crippen MR) is 90.7 cm³/mol. The quantitative estimate of drug-likeness (QED) is 0.753. The number of nitrogens with two attached hydrogens (primary N) is 1. The second-order valence-corrected chi connectivity index (χ2v) is 5.97. The Hall–Kier alpha value is -0.580. The van der Waals surface area contributed by atoms with E-state index in [9.17, 15) is 0 Å². The summed E-state index contributed by atoms with van der Waals surface area (Å²) in [5.41, 5.74) is 7.65. The maximum Gasteiger partial charge on any atom is 0.0834 e. The van der Waals surface area contributed by atoms with E-state index in [0.717, 1.165) is 44.6 Å². The fraction of sp³-hybridized carbons (Fsp3) is 0.812. The Bertz CT molecular complexity index is 422. The first-order valence-electron chi connectivity index (χ1n) is 8.24. The van der Waals surface area contributed by atoms with Gasteiger partial charge in [-0.15, -0.1) is 0 Å². The van der Waals surface area contributed by atoms with Crippen molar-refractivity contribution in [2.45, 2.75) is 72.0 Å². The molecule has 4 nitrogen and oxygen atoms in total. The predicted octanol–water partition coefficient (Wildman–Crippen LogP) is 3.85. The minimum Gasteiger partial charge on any atom is -0.321 e. The molecule has 1 aromatic heterocycles. The van der Waals surface area contributed by atoms with Crippen molar-refractivity contribution >= 4 is 11.6 Å². The molecule has 1 atom stereocenters. The van der Waals surface area contributed by atoms with E-state index in [0.29, 0.717) is 5.02 Å². The number of likely N-dealkylation sites (N-methyl/N-ethyl adjacent to an activating group) is 1. The first kappa shape index (κ1) is 18.5. The van der Waals surface area contributed by atoms with Crippen molar-refractivity contribution in [2.24, 2.45) is 5.73 Å². The van der Waals surface area contributed by atoms with Crippen LogP contribution in [-0.4, -0.2) is 33.3 Å². The number of aromatic nitrogens is 2. The first-order valence-corrected chi connectivity index (χ1v) is 8.61. The summed E-state index contributed by atoms with van der Waals surface area (Å²) < 4.78 is 1.98. The number of nitrogens with zero attached hydrogens (tertiary/aromatic N) is 3. The molecule has 1 rings (SSSR count). The third-order valence-electron chi connectivity index (χ3n) is 4.76. The van der Waals surface area contributed by atoms with Crippen LogP contribution in [0.3, 0.4) is 0 Å². The van der Waals surface area contributed by atoms with Crippen LogP contribution in [0.25, 0.3) is 0 Å². The van der Waals surface area contributed by atoms with E-state index in [2.05, 4.69) is 44.6 Å². The van der Waals surface area contributed by atoms with Crippen LogP contribution in [0.15, 0.2) is 6.20 Å². The van der Waals surface area contributed by atoms with Gasteiger partial charge in [-0.05, 0) is 32.4 Å². The molecule has 1 unspecified atom stereocenters. The van der Waals surface area contributed by atoms with Gasteiger partial charge in [0.25, 0.3) is 0 Å². The zero-order chi connectivity index (χ0) is 16.0. The second kappa shape index (κ2) is 8.16. The van der Waals surface area contributed by atoms with Gasteiger partial charge in [0.05, 0.1) is 23.0 Å². The Morgan fingerprint density at radius 1 is 1.24 bits per heavy atom. The minimum atomic E-state index is -0.131. The van der Waals surface area contributed by atoms with E-state index < -0.39 is 0 Å². The summed E-state index contributed by atoms with van der Waals surface area (Å²) in [7, 11) is 0.